The molecule has 0 heterocycles. The van der Waals surface area contributed by atoms with Crippen LogP contribution in [0.1, 0.15) is 58.1 Å². The van der Waals surface area contributed by atoms with E-state index in [0.29, 0.717) is 12.3 Å². The van der Waals surface area contributed by atoms with Crippen molar-refractivity contribution in [1.82, 2.24) is 5.32 Å². The standard InChI is InChI=1S/C17H28N2O2/c1-4-6-7-12-19-17(20)13(3)21-15-10-8-14(9-11-15)16(18)5-2/h8-11,13,16H,4-7,12,18H2,1-3H3,(H,19,20)/t13?,16-/m1/s1. The molecule has 1 rings (SSSR count). The summed E-state index contributed by atoms with van der Waals surface area (Å²) >= 11 is 0. The number of benzene rings is 1. The van der Waals surface area contributed by atoms with Crippen molar-refractivity contribution in [1.29, 1.82) is 0 Å². The third-order valence-electron chi connectivity index (χ3n) is 3.51. The predicted molar refractivity (Wildman–Crippen MR) is 86.3 cm³/mol. The lowest BCUT2D eigenvalue weighted by molar-refractivity contribution is -0.127. The maximum Gasteiger partial charge on any atom is 0.260 e. The molecule has 4 heteroatoms. The first-order valence-corrected chi connectivity index (χ1v) is 7.88. The Morgan fingerprint density at radius 3 is 2.48 bits per heavy atom. The van der Waals surface area contributed by atoms with Crippen molar-refractivity contribution < 1.29 is 9.53 Å². The van der Waals surface area contributed by atoms with Crippen LogP contribution in [0, 0.1) is 0 Å². The molecule has 0 aliphatic heterocycles. The van der Waals surface area contributed by atoms with E-state index in [2.05, 4.69) is 19.2 Å². The summed E-state index contributed by atoms with van der Waals surface area (Å²) in [6.45, 7) is 6.67. The molecular weight excluding hydrogens is 264 g/mol. The summed E-state index contributed by atoms with van der Waals surface area (Å²) < 4.78 is 5.65. The van der Waals surface area contributed by atoms with Crippen LogP contribution >= 0.6 is 0 Å². The summed E-state index contributed by atoms with van der Waals surface area (Å²) in [5, 5.41) is 2.89. The number of nitrogens with two attached hydrogens (primary N) is 1. The monoisotopic (exact) mass is 292 g/mol. The molecule has 3 N–H and O–H groups in total. The summed E-state index contributed by atoms with van der Waals surface area (Å²) in [6.07, 6.45) is 3.70. The second-order valence-corrected chi connectivity index (χ2v) is 5.34. The van der Waals surface area contributed by atoms with Gasteiger partial charge in [0.25, 0.3) is 5.91 Å². The van der Waals surface area contributed by atoms with Crippen LogP contribution in [0.15, 0.2) is 24.3 Å². The Kier molecular flexibility index (Phi) is 7.83. The zero-order valence-corrected chi connectivity index (χ0v) is 13.4. The number of hydrogen-bond donors (Lipinski definition) is 2. The van der Waals surface area contributed by atoms with E-state index in [4.69, 9.17) is 10.5 Å². The quantitative estimate of drug-likeness (QED) is 0.687. The van der Waals surface area contributed by atoms with E-state index in [-0.39, 0.29) is 11.9 Å². The van der Waals surface area contributed by atoms with Crippen molar-refractivity contribution in [3.63, 3.8) is 0 Å². The van der Waals surface area contributed by atoms with Gasteiger partial charge in [-0.15, -0.1) is 0 Å². The molecule has 4 nitrogen and oxygen atoms in total. The number of ether oxygens (including phenoxy) is 1. The molecule has 2 atom stereocenters. The fourth-order valence-corrected chi connectivity index (χ4v) is 2.02. The number of amides is 1. The predicted octanol–water partition coefficient (Wildman–Crippen LogP) is 3.17. The highest BCUT2D eigenvalue weighted by atomic mass is 16.5. The van der Waals surface area contributed by atoms with Crippen LogP contribution in [0.25, 0.3) is 0 Å². The lowest BCUT2D eigenvalue weighted by atomic mass is 10.1. The van der Waals surface area contributed by atoms with Gasteiger partial charge < -0.3 is 15.8 Å². The van der Waals surface area contributed by atoms with Crippen molar-refractivity contribution in [2.75, 3.05) is 6.54 Å². The van der Waals surface area contributed by atoms with Gasteiger partial charge in [0.15, 0.2) is 6.10 Å². The lowest BCUT2D eigenvalue weighted by Gasteiger charge is -2.16. The van der Waals surface area contributed by atoms with E-state index in [1.807, 2.05) is 24.3 Å². The zero-order valence-electron chi connectivity index (χ0n) is 13.4. The fraction of sp³-hybridized carbons (Fsp3) is 0.588. The Morgan fingerprint density at radius 1 is 1.24 bits per heavy atom. The average Bonchev–Trinajstić information content (AvgIpc) is 2.51. The van der Waals surface area contributed by atoms with Gasteiger partial charge in [-0.3, -0.25) is 4.79 Å². The van der Waals surface area contributed by atoms with E-state index in [0.717, 1.165) is 31.2 Å². The van der Waals surface area contributed by atoms with Crippen LogP contribution < -0.4 is 15.8 Å². The van der Waals surface area contributed by atoms with Crippen molar-refractivity contribution in [2.24, 2.45) is 5.73 Å². The molecule has 0 aromatic heterocycles. The zero-order chi connectivity index (χ0) is 15.7. The van der Waals surface area contributed by atoms with E-state index in [1.165, 1.54) is 0 Å². The van der Waals surface area contributed by atoms with Gasteiger partial charge in [0, 0.05) is 12.6 Å². The third kappa shape index (κ3) is 6.17. The summed E-state index contributed by atoms with van der Waals surface area (Å²) in [5.74, 6) is 0.624. The number of rotatable bonds is 9. The van der Waals surface area contributed by atoms with Gasteiger partial charge in [-0.1, -0.05) is 38.8 Å². The van der Waals surface area contributed by atoms with Crippen molar-refractivity contribution >= 4 is 5.91 Å². The second kappa shape index (κ2) is 9.40. The Balaban J connectivity index is 2.43. The van der Waals surface area contributed by atoms with E-state index in [1.54, 1.807) is 6.92 Å². The molecule has 0 saturated heterocycles. The summed E-state index contributed by atoms with van der Waals surface area (Å²) in [4.78, 5) is 11.9. The minimum Gasteiger partial charge on any atom is -0.481 e. The fourth-order valence-electron chi connectivity index (χ4n) is 2.02. The van der Waals surface area contributed by atoms with Crippen LogP contribution in [0.3, 0.4) is 0 Å². The van der Waals surface area contributed by atoms with Gasteiger partial charge in [-0.25, -0.2) is 0 Å². The molecule has 0 aliphatic rings. The number of carbonyl (C=O) groups is 1. The van der Waals surface area contributed by atoms with Gasteiger partial charge in [0.2, 0.25) is 0 Å². The van der Waals surface area contributed by atoms with Gasteiger partial charge in [-0.2, -0.15) is 0 Å². The maximum atomic E-state index is 11.9. The molecule has 1 aromatic carbocycles. The van der Waals surface area contributed by atoms with E-state index >= 15 is 0 Å². The average molecular weight is 292 g/mol. The molecule has 0 fully saturated rings. The number of carbonyl (C=O) groups excluding carboxylic acids is 1. The Hall–Kier alpha value is -1.55. The Bertz CT molecular complexity index is 417. The van der Waals surface area contributed by atoms with Crippen LogP contribution in [-0.4, -0.2) is 18.6 Å². The topological polar surface area (TPSA) is 64.3 Å². The van der Waals surface area contributed by atoms with Gasteiger partial charge in [0.1, 0.15) is 5.75 Å². The second-order valence-electron chi connectivity index (χ2n) is 5.34. The van der Waals surface area contributed by atoms with Gasteiger partial charge in [-0.05, 0) is 37.5 Å². The first kappa shape index (κ1) is 17.5. The first-order valence-electron chi connectivity index (χ1n) is 7.88. The van der Waals surface area contributed by atoms with Gasteiger partial charge in [0.05, 0.1) is 0 Å². The van der Waals surface area contributed by atoms with Crippen molar-refractivity contribution in [3.8, 4) is 5.75 Å². The number of nitrogens with one attached hydrogen (secondary N) is 1. The normalized spacial score (nSPS) is 13.5. The highest BCUT2D eigenvalue weighted by molar-refractivity contribution is 5.80. The van der Waals surface area contributed by atoms with Crippen LogP contribution in [0.4, 0.5) is 0 Å². The number of unbranched alkanes of at least 4 members (excludes halogenated alkanes) is 2. The summed E-state index contributed by atoms with van der Waals surface area (Å²) in [6, 6.07) is 7.70. The molecule has 118 valence electrons. The molecule has 1 amide bonds. The SMILES string of the molecule is CCCCCNC(=O)C(C)Oc1ccc([C@H](N)CC)cc1. The van der Waals surface area contributed by atoms with Crippen molar-refractivity contribution in [3.05, 3.63) is 29.8 Å². The maximum absolute atomic E-state index is 11.9. The summed E-state index contributed by atoms with van der Waals surface area (Å²) in [7, 11) is 0. The van der Waals surface area contributed by atoms with E-state index in [9.17, 15) is 4.79 Å². The number of hydrogen-bond acceptors (Lipinski definition) is 3. The molecule has 0 bridgehead atoms. The Morgan fingerprint density at radius 2 is 1.90 bits per heavy atom. The molecule has 0 spiro atoms. The molecule has 0 saturated carbocycles. The smallest absolute Gasteiger partial charge is 0.260 e. The highest BCUT2D eigenvalue weighted by Gasteiger charge is 2.14. The minimum absolute atomic E-state index is 0.0540. The van der Waals surface area contributed by atoms with Crippen molar-refractivity contribution in [2.45, 2.75) is 58.6 Å². The molecule has 1 aromatic rings. The third-order valence-corrected chi connectivity index (χ3v) is 3.51. The molecule has 0 aliphatic carbocycles. The van der Waals surface area contributed by atoms with Gasteiger partial charge >= 0.3 is 0 Å². The minimum atomic E-state index is -0.489. The molecular formula is C17H28N2O2. The lowest BCUT2D eigenvalue weighted by Crippen LogP contribution is -2.36. The highest BCUT2D eigenvalue weighted by Crippen LogP contribution is 2.19. The molecule has 21 heavy (non-hydrogen) atoms. The first-order chi connectivity index (χ1) is 10.1. The summed E-state index contributed by atoms with van der Waals surface area (Å²) in [5.41, 5.74) is 7.05. The van der Waals surface area contributed by atoms with Crippen LogP contribution in [0.2, 0.25) is 0 Å². The molecule has 1 unspecified atom stereocenters. The Labute approximate surface area is 128 Å². The molecule has 0 radical (unpaired) electrons. The van der Waals surface area contributed by atoms with Crippen LogP contribution in [-0.2, 0) is 4.79 Å². The largest absolute Gasteiger partial charge is 0.481 e. The van der Waals surface area contributed by atoms with E-state index < -0.39 is 6.10 Å². The van der Waals surface area contributed by atoms with Crippen LogP contribution in [0.5, 0.6) is 5.75 Å².